The molecule has 0 aliphatic carbocycles. The average molecular weight is 564 g/mol. The fraction of sp³-hybridized carbons (Fsp3) is 1.00. The van der Waals surface area contributed by atoms with E-state index in [4.69, 9.17) is 4.74 Å². The second-order valence-electron chi connectivity index (χ2n) is 16.5. The van der Waals surface area contributed by atoms with E-state index in [0.717, 1.165) is 19.7 Å². The van der Waals surface area contributed by atoms with Gasteiger partial charge in [-0.1, -0.05) is 48.5 Å². The summed E-state index contributed by atoms with van der Waals surface area (Å²) in [7, 11) is 2.35. The van der Waals surface area contributed by atoms with Gasteiger partial charge in [0.25, 0.3) is 0 Å². The van der Waals surface area contributed by atoms with Gasteiger partial charge in [0.05, 0.1) is 18.4 Å². The summed E-state index contributed by atoms with van der Waals surface area (Å²) in [5.74, 6) is 2.26. The zero-order valence-corrected chi connectivity index (χ0v) is 29.3. The summed E-state index contributed by atoms with van der Waals surface area (Å²) < 4.78 is 6.86. The molecule has 7 unspecified atom stereocenters. The van der Waals surface area contributed by atoms with E-state index < -0.39 is 0 Å². The summed E-state index contributed by atoms with van der Waals surface area (Å²) in [6, 6.07) is 2.11. The Bertz CT molecular complexity index is 811. The minimum atomic E-state index is -0.207. The van der Waals surface area contributed by atoms with Crippen LogP contribution < -0.4 is 5.32 Å². The second-order valence-corrected chi connectivity index (χ2v) is 16.5. The summed E-state index contributed by atoms with van der Waals surface area (Å²) in [4.78, 5) is 10.9. The highest BCUT2D eigenvalue weighted by molar-refractivity contribution is 4.99. The Morgan fingerprint density at radius 2 is 1.38 bits per heavy atom. The zero-order valence-electron chi connectivity index (χ0n) is 29.3. The molecule has 1 N–H and O–H groups in total. The van der Waals surface area contributed by atoms with Crippen molar-refractivity contribution >= 4 is 0 Å². The topological polar surface area (TPSA) is 34.2 Å². The van der Waals surface area contributed by atoms with Crippen molar-refractivity contribution in [1.82, 2.24) is 24.9 Å². The average Bonchev–Trinajstić information content (AvgIpc) is 3.24. The first-order valence-corrected chi connectivity index (χ1v) is 16.7. The molecule has 0 aromatic carbocycles. The van der Waals surface area contributed by atoms with Crippen molar-refractivity contribution in [1.29, 1.82) is 0 Å². The van der Waals surface area contributed by atoms with Gasteiger partial charge in [0.2, 0.25) is 0 Å². The Kier molecular flexibility index (Phi) is 10.9. The predicted octanol–water partition coefficient (Wildman–Crippen LogP) is 6.17. The first kappa shape index (κ1) is 34.3. The van der Waals surface area contributed by atoms with Crippen LogP contribution in [0.15, 0.2) is 0 Å². The molecular formula is C34H69N5O. The number of nitrogens with zero attached hydrogens (tertiary/aromatic N) is 4. The fourth-order valence-corrected chi connectivity index (χ4v) is 8.36. The van der Waals surface area contributed by atoms with Crippen LogP contribution in [-0.4, -0.2) is 101 Å². The summed E-state index contributed by atoms with van der Waals surface area (Å²) in [6.45, 7) is 38.9. The molecule has 0 radical (unpaired) electrons. The SMILES string of the molecule is CC(CC1COC(C)(C(C)C)N(C(C)CC2CN(C)C(C)(C(C)C)N(C(C)C)C2)C1)N1C[C@H](C)NC1C(C)(C)C. The Labute approximate surface area is 249 Å². The molecule has 3 saturated heterocycles. The van der Waals surface area contributed by atoms with E-state index in [1.54, 1.807) is 0 Å². The Hall–Kier alpha value is -0.240. The van der Waals surface area contributed by atoms with Crippen LogP contribution in [0.4, 0.5) is 0 Å². The Morgan fingerprint density at radius 3 is 1.90 bits per heavy atom. The van der Waals surface area contributed by atoms with E-state index in [2.05, 4.69) is 129 Å². The van der Waals surface area contributed by atoms with Gasteiger partial charge >= 0.3 is 0 Å². The van der Waals surface area contributed by atoms with Gasteiger partial charge in [-0.15, -0.1) is 0 Å². The molecule has 0 amide bonds. The Morgan fingerprint density at radius 1 is 0.800 bits per heavy atom. The molecule has 3 aliphatic rings. The van der Waals surface area contributed by atoms with Crippen LogP contribution in [0.5, 0.6) is 0 Å². The standard InChI is InChI=1S/C34H69N5O/c1-23(2)33(13)36(15)19-29(20-38(33)25(5)6)17-28(9)39-21-30(22-40-34(39,14)24(3)4)16-27(8)37-18-26(7)35-31(37)32(10,11)12/h23-31,35H,16-22H2,1-15H3/t26-,27?,28?,29?,30?,31?,33?,34?/m0/s1. The number of ether oxygens (including phenoxy) is 1. The lowest BCUT2D eigenvalue weighted by molar-refractivity contribution is -0.232. The monoisotopic (exact) mass is 564 g/mol. The predicted molar refractivity (Wildman–Crippen MR) is 171 cm³/mol. The number of hydrogen-bond acceptors (Lipinski definition) is 6. The normalized spacial score (nSPS) is 37.6. The van der Waals surface area contributed by atoms with Crippen LogP contribution in [-0.2, 0) is 4.74 Å². The molecule has 3 heterocycles. The molecule has 3 fully saturated rings. The van der Waals surface area contributed by atoms with Crippen molar-refractivity contribution in [2.24, 2.45) is 29.1 Å². The molecule has 236 valence electrons. The van der Waals surface area contributed by atoms with Gasteiger partial charge in [-0.05, 0) is 97.4 Å². The van der Waals surface area contributed by atoms with Gasteiger partial charge in [0.15, 0.2) is 0 Å². The maximum absolute atomic E-state index is 6.86. The highest BCUT2D eigenvalue weighted by atomic mass is 16.5. The van der Waals surface area contributed by atoms with Crippen LogP contribution in [0.3, 0.4) is 0 Å². The zero-order chi connectivity index (χ0) is 30.4. The van der Waals surface area contributed by atoms with Gasteiger partial charge in [-0.25, -0.2) is 0 Å². The van der Waals surface area contributed by atoms with Crippen LogP contribution in [0.2, 0.25) is 0 Å². The smallest absolute Gasteiger partial charge is 0.121 e. The summed E-state index contributed by atoms with van der Waals surface area (Å²) in [5.41, 5.74) is 0.131. The van der Waals surface area contributed by atoms with E-state index in [1.807, 2.05) is 0 Å². The number of rotatable bonds is 9. The number of hydrogen-bond donors (Lipinski definition) is 1. The molecule has 0 bridgehead atoms. The van der Waals surface area contributed by atoms with Crippen LogP contribution in [0.1, 0.15) is 110 Å². The van der Waals surface area contributed by atoms with Crippen LogP contribution >= 0.6 is 0 Å². The van der Waals surface area contributed by atoms with E-state index >= 15 is 0 Å². The van der Waals surface area contributed by atoms with E-state index in [0.29, 0.717) is 54.0 Å². The van der Waals surface area contributed by atoms with E-state index in [1.165, 1.54) is 25.9 Å². The first-order valence-electron chi connectivity index (χ1n) is 16.7. The highest BCUT2D eigenvalue weighted by Crippen LogP contribution is 2.40. The lowest BCUT2D eigenvalue weighted by atomic mass is 9.84. The molecule has 40 heavy (non-hydrogen) atoms. The molecule has 8 atom stereocenters. The van der Waals surface area contributed by atoms with E-state index in [-0.39, 0.29) is 16.8 Å². The summed E-state index contributed by atoms with van der Waals surface area (Å²) in [5, 5.41) is 3.87. The summed E-state index contributed by atoms with van der Waals surface area (Å²) >= 11 is 0. The van der Waals surface area contributed by atoms with Crippen molar-refractivity contribution in [2.75, 3.05) is 39.8 Å². The van der Waals surface area contributed by atoms with Crippen molar-refractivity contribution in [3.63, 3.8) is 0 Å². The maximum Gasteiger partial charge on any atom is 0.121 e. The van der Waals surface area contributed by atoms with Gasteiger partial charge < -0.3 is 4.74 Å². The molecular weight excluding hydrogens is 494 g/mol. The minimum Gasteiger partial charge on any atom is -0.360 e. The van der Waals surface area contributed by atoms with Gasteiger partial charge in [0.1, 0.15) is 5.72 Å². The molecule has 6 heteroatoms. The minimum absolute atomic E-state index is 0.114. The van der Waals surface area contributed by atoms with Gasteiger partial charge in [-0.3, -0.25) is 24.9 Å². The fourth-order valence-electron chi connectivity index (χ4n) is 8.36. The molecule has 0 saturated carbocycles. The molecule has 0 aromatic rings. The molecule has 0 spiro atoms. The van der Waals surface area contributed by atoms with E-state index in [9.17, 15) is 0 Å². The maximum atomic E-state index is 6.86. The molecule has 3 aliphatic heterocycles. The largest absolute Gasteiger partial charge is 0.360 e. The van der Waals surface area contributed by atoms with Crippen LogP contribution in [0, 0.1) is 29.1 Å². The molecule has 0 aromatic heterocycles. The third-order valence-electron chi connectivity index (χ3n) is 11.3. The lowest BCUT2D eigenvalue weighted by Gasteiger charge is -2.58. The third-order valence-corrected chi connectivity index (χ3v) is 11.3. The van der Waals surface area contributed by atoms with Crippen molar-refractivity contribution in [3.05, 3.63) is 0 Å². The quantitative estimate of drug-likeness (QED) is 0.361. The van der Waals surface area contributed by atoms with Gasteiger partial charge in [-0.2, -0.15) is 0 Å². The highest BCUT2D eigenvalue weighted by Gasteiger charge is 2.48. The third kappa shape index (κ3) is 6.94. The first-order chi connectivity index (χ1) is 18.3. The van der Waals surface area contributed by atoms with Crippen molar-refractivity contribution < 1.29 is 4.74 Å². The second kappa shape index (κ2) is 12.8. The van der Waals surface area contributed by atoms with Crippen molar-refractivity contribution in [3.8, 4) is 0 Å². The molecule has 3 rings (SSSR count). The lowest BCUT2D eigenvalue weighted by Crippen LogP contribution is -2.68. The van der Waals surface area contributed by atoms with Crippen LogP contribution in [0.25, 0.3) is 0 Å². The number of nitrogens with one attached hydrogen (secondary N) is 1. The van der Waals surface area contributed by atoms with Gasteiger partial charge in [0, 0.05) is 50.3 Å². The summed E-state index contributed by atoms with van der Waals surface area (Å²) in [6.07, 6.45) is 2.84. The van der Waals surface area contributed by atoms with Crippen molar-refractivity contribution in [2.45, 2.75) is 151 Å². The Balaban J connectivity index is 1.73. The molecule has 6 nitrogen and oxygen atoms in total.